The fourth-order valence-corrected chi connectivity index (χ4v) is 2.51. The molecule has 0 spiro atoms. The van der Waals surface area contributed by atoms with Crippen LogP contribution in [0, 0.1) is 12.7 Å². The second-order valence-corrected chi connectivity index (χ2v) is 5.77. The van der Waals surface area contributed by atoms with Gasteiger partial charge >= 0.3 is 0 Å². The predicted octanol–water partition coefficient (Wildman–Crippen LogP) is 3.12. The van der Waals surface area contributed by atoms with Gasteiger partial charge in [-0.25, -0.2) is 4.39 Å². The van der Waals surface area contributed by atoms with Crippen LogP contribution < -0.4 is 11.1 Å². The van der Waals surface area contributed by atoms with E-state index in [1.165, 1.54) is 17.8 Å². The normalized spacial score (nSPS) is 10.4. The zero-order valence-electron chi connectivity index (χ0n) is 11.7. The molecule has 0 heterocycles. The van der Waals surface area contributed by atoms with E-state index in [9.17, 15) is 9.18 Å². The lowest BCUT2D eigenvalue weighted by atomic mass is 10.1. The molecule has 0 aromatic heterocycles. The first-order valence-corrected chi connectivity index (χ1v) is 7.53. The van der Waals surface area contributed by atoms with Gasteiger partial charge in [0, 0.05) is 17.1 Å². The van der Waals surface area contributed by atoms with E-state index in [2.05, 4.69) is 5.32 Å². The first-order chi connectivity index (χ1) is 10.0. The van der Waals surface area contributed by atoms with Crippen molar-refractivity contribution < 1.29 is 9.18 Å². The smallest absolute Gasteiger partial charge is 0.230 e. The molecular formula is C16H17FN2OS. The Balaban J connectivity index is 1.79. The van der Waals surface area contributed by atoms with E-state index in [1.807, 2.05) is 24.3 Å². The van der Waals surface area contributed by atoms with Crippen molar-refractivity contribution in [3.8, 4) is 0 Å². The second kappa shape index (κ2) is 7.13. The third-order valence-electron chi connectivity index (χ3n) is 2.96. The van der Waals surface area contributed by atoms with Crippen LogP contribution in [-0.4, -0.2) is 11.7 Å². The van der Waals surface area contributed by atoms with Gasteiger partial charge in [-0.2, -0.15) is 0 Å². The molecule has 0 saturated heterocycles. The average Bonchev–Trinajstić information content (AvgIpc) is 2.48. The van der Waals surface area contributed by atoms with Gasteiger partial charge in [0.2, 0.25) is 5.91 Å². The van der Waals surface area contributed by atoms with Gasteiger partial charge in [-0.05, 0) is 48.4 Å². The minimum atomic E-state index is -0.232. The molecule has 5 heteroatoms. The van der Waals surface area contributed by atoms with Gasteiger partial charge in [0.05, 0.1) is 5.75 Å². The molecule has 0 aliphatic rings. The maximum atomic E-state index is 13.1. The maximum absolute atomic E-state index is 13.1. The Labute approximate surface area is 127 Å². The second-order valence-electron chi connectivity index (χ2n) is 4.72. The van der Waals surface area contributed by atoms with Crippen molar-refractivity contribution in [3.05, 3.63) is 59.4 Å². The minimum absolute atomic E-state index is 0.0567. The standard InChI is InChI=1S/C16H17FN2OS/c1-11-8-12(2-7-15(11)17)9-19-16(20)10-21-14-5-3-13(18)4-6-14/h2-8H,9-10,18H2,1H3,(H,19,20). The maximum Gasteiger partial charge on any atom is 0.230 e. The van der Waals surface area contributed by atoms with Gasteiger partial charge in [0.15, 0.2) is 0 Å². The fraction of sp³-hybridized carbons (Fsp3) is 0.188. The van der Waals surface area contributed by atoms with Gasteiger partial charge in [-0.15, -0.1) is 11.8 Å². The number of carbonyl (C=O) groups excluding carboxylic acids is 1. The fourth-order valence-electron chi connectivity index (χ4n) is 1.78. The van der Waals surface area contributed by atoms with Crippen molar-refractivity contribution in [2.45, 2.75) is 18.4 Å². The molecule has 0 aliphatic heterocycles. The van der Waals surface area contributed by atoms with Crippen LogP contribution >= 0.6 is 11.8 Å². The lowest BCUT2D eigenvalue weighted by Crippen LogP contribution is -2.24. The molecule has 110 valence electrons. The van der Waals surface area contributed by atoms with E-state index in [4.69, 9.17) is 5.73 Å². The zero-order chi connectivity index (χ0) is 15.2. The van der Waals surface area contributed by atoms with Gasteiger partial charge < -0.3 is 11.1 Å². The molecule has 2 aromatic carbocycles. The van der Waals surface area contributed by atoms with Gasteiger partial charge in [0.25, 0.3) is 0 Å². The van der Waals surface area contributed by atoms with Crippen LogP contribution in [0.1, 0.15) is 11.1 Å². The highest BCUT2D eigenvalue weighted by Gasteiger charge is 2.04. The Hall–Kier alpha value is -2.01. The van der Waals surface area contributed by atoms with E-state index in [-0.39, 0.29) is 11.7 Å². The molecule has 1 amide bonds. The number of thioether (sulfide) groups is 1. The molecule has 2 rings (SSSR count). The van der Waals surface area contributed by atoms with E-state index in [1.54, 1.807) is 19.1 Å². The predicted molar refractivity (Wildman–Crippen MR) is 84.6 cm³/mol. The van der Waals surface area contributed by atoms with Crippen LogP contribution in [0.5, 0.6) is 0 Å². The number of nitrogen functional groups attached to an aromatic ring is 1. The van der Waals surface area contributed by atoms with Crippen molar-refractivity contribution in [1.82, 2.24) is 5.32 Å². The molecule has 0 bridgehead atoms. The summed E-state index contributed by atoms with van der Waals surface area (Å²) in [4.78, 5) is 12.8. The molecule has 3 N–H and O–H groups in total. The highest BCUT2D eigenvalue weighted by molar-refractivity contribution is 8.00. The molecular weight excluding hydrogens is 287 g/mol. The van der Waals surface area contributed by atoms with Gasteiger partial charge in [-0.3, -0.25) is 4.79 Å². The summed E-state index contributed by atoms with van der Waals surface area (Å²) >= 11 is 1.45. The number of hydrogen-bond donors (Lipinski definition) is 2. The lowest BCUT2D eigenvalue weighted by molar-refractivity contribution is -0.118. The zero-order valence-corrected chi connectivity index (χ0v) is 12.5. The van der Waals surface area contributed by atoms with E-state index >= 15 is 0 Å². The summed E-state index contributed by atoms with van der Waals surface area (Å²) in [5.41, 5.74) is 7.78. The van der Waals surface area contributed by atoms with Crippen LogP contribution in [0.3, 0.4) is 0 Å². The SMILES string of the molecule is Cc1cc(CNC(=O)CSc2ccc(N)cc2)ccc1F. The Morgan fingerprint density at radius 3 is 2.62 bits per heavy atom. The van der Waals surface area contributed by atoms with Crippen molar-refractivity contribution >= 4 is 23.4 Å². The van der Waals surface area contributed by atoms with Crippen molar-refractivity contribution in [2.75, 3.05) is 11.5 Å². The van der Waals surface area contributed by atoms with Crippen molar-refractivity contribution in [2.24, 2.45) is 0 Å². The summed E-state index contributed by atoms with van der Waals surface area (Å²) in [6.07, 6.45) is 0. The Bertz CT molecular complexity index is 629. The van der Waals surface area contributed by atoms with Gasteiger partial charge in [-0.1, -0.05) is 12.1 Å². The van der Waals surface area contributed by atoms with Crippen LogP contribution in [0.25, 0.3) is 0 Å². The molecule has 0 saturated carbocycles. The number of benzene rings is 2. The molecule has 0 atom stereocenters. The van der Waals surface area contributed by atoms with Crippen LogP contribution in [0.15, 0.2) is 47.4 Å². The van der Waals surface area contributed by atoms with Crippen LogP contribution in [0.2, 0.25) is 0 Å². The summed E-state index contributed by atoms with van der Waals surface area (Å²) in [7, 11) is 0. The Kier molecular flexibility index (Phi) is 5.22. The largest absolute Gasteiger partial charge is 0.399 e. The number of aryl methyl sites for hydroxylation is 1. The van der Waals surface area contributed by atoms with Crippen molar-refractivity contribution in [1.29, 1.82) is 0 Å². The highest BCUT2D eigenvalue weighted by Crippen LogP contribution is 2.18. The molecule has 3 nitrogen and oxygen atoms in total. The monoisotopic (exact) mass is 304 g/mol. The lowest BCUT2D eigenvalue weighted by Gasteiger charge is -2.07. The summed E-state index contributed by atoms with van der Waals surface area (Å²) in [5, 5.41) is 2.82. The summed E-state index contributed by atoms with van der Waals surface area (Å²) in [5.74, 6) is 0.0483. The topological polar surface area (TPSA) is 55.1 Å². The number of halogens is 1. The van der Waals surface area contributed by atoms with Crippen LogP contribution in [0.4, 0.5) is 10.1 Å². The summed E-state index contributed by atoms with van der Waals surface area (Å²) < 4.78 is 13.1. The molecule has 0 unspecified atom stereocenters. The average molecular weight is 304 g/mol. The van der Waals surface area contributed by atoms with E-state index < -0.39 is 0 Å². The highest BCUT2D eigenvalue weighted by atomic mass is 32.2. The summed E-state index contributed by atoms with van der Waals surface area (Å²) in [6, 6.07) is 12.2. The molecule has 0 fully saturated rings. The molecule has 0 radical (unpaired) electrons. The van der Waals surface area contributed by atoms with Gasteiger partial charge in [0.1, 0.15) is 5.82 Å². The number of carbonyl (C=O) groups is 1. The number of nitrogens with one attached hydrogen (secondary N) is 1. The Morgan fingerprint density at radius 2 is 1.95 bits per heavy atom. The number of rotatable bonds is 5. The molecule has 0 aliphatic carbocycles. The molecule has 21 heavy (non-hydrogen) atoms. The number of nitrogens with two attached hydrogens (primary N) is 1. The minimum Gasteiger partial charge on any atom is -0.399 e. The number of anilines is 1. The quantitative estimate of drug-likeness (QED) is 0.659. The van der Waals surface area contributed by atoms with E-state index in [0.717, 1.165) is 10.5 Å². The third-order valence-corrected chi connectivity index (χ3v) is 3.97. The third kappa shape index (κ3) is 4.79. The number of hydrogen-bond acceptors (Lipinski definition) is 3. The summed E-state index contributed by atoms with van der Waals surface area (Å²) in [6.45, 7) is 2.11. The van der Waals surface area contributed by atoms with Crippen molar-refractivity contribution in [3.63, 3.8) is 0 Å². The first-order valence-electron chi connectivity index (χ1n) is 6.54. The Morgan fingerprint density at radius 1 is 1.24 bits per heavy atom. The van der Waals surface area contributed by atoms with Crippen LogP contribution in [-0.2, 0) is 11.3 Å². The number of amides is 1. The first kappa shape index (κ1) is 15.4. The van der Waals surface area contributed by atoms with E-state index in [0.29, 0.717) is 23.5 Å². The molecule has 2 aromatic rings.